The van der Waals surface area contributed by atoms with Gasteiger partial charge in [-0.3, -0.25) is 10.1 Å². The first-order chi connectivity index (χ1) is 7.16. The molecule has 0 saturated carbocycles. The molecule has 1 aromatic rings. The van der Waals surface area contributed by atoms with Crippen molar-refractivity contribution in [2.45, 2.75) is 19.8 Å². The molecule has 1 rings (SSSR count). The highest BCUT2D eigenvalue weighted by Crippen LogP contribution is 2.25. The number of rotatable bonds is 5. The van der Waals surface area contributed by atoms with Crippen LogP contribution in [0.4, 0.5) is 17.3 Å². The fourth-order valence-corrected chi connectivity index (χ4v) is 1.09. The smallest absolute Gasteiger partial charge is 0.352 e. The van der Waals surface area contributed by atoms with Crippen LogP contribution in [-0.2, 0) is 0 Å². The van der Waals surface area contributed by atoms with E-state index in [0.29, 0.717) is 6.54 Å². The van der Waals surface area contributed by atoms with E-state index < -0.39 is 4.92 Å². The Morgan fingerprint density at radius 2 is 2.33 bits per heavy atom. The summed E-state index contributed by atoms with van der Waals surface area (Å²) in [6.07, 6.45) is 3.12. The van der Waals surface area contributed by atoms with Crippen molar-refractivity contribution >= 4 is 17.3 Å². The van der Waals surface area contributed by atoms with E-state index in [1.165, 1.54) is 6.33 Å². The van der Waals surface area contributed by atoms with E-state index in [1.807, 2.05) is 6.92 Å². The number of hydrogen-bond acceptors (Lipinski definition) is 6. The number of nitrogens with zero attached hydrogens (tertiary/aromatic N) is 3. The van der Waals surface area contributed by atoms with E-state index in [-0.39, 0.29) is 17.3 Å². The minimum atomic E-state index is -0.580. The van der Waals surface area contributed by atoms with Crippen LogP contribution in [0.2, 0.25) is 0 Å². The van der Waals surface area contributed by atoms with Gasteiger partial charge in [0.1, 0.15) is 6.33 Å². The third kappa shape index (κ3) is 2.76. The molecule has 15 heavy (non-hydrogen) atoms. The fraction of sp³-hybridized carbons (Fsp3) is 0.500. The molecule has 0 spiro atoms. The largest absolute Gasteiger partial charge is 0.378 e. The number of nitro groups is 1. The number of aromatic nitrogens is 2. The van der Waals surface area contributed by atoms with E-state index in [2.05, 4.69) is 15.3 Å². The molecule has 0 aliphatic rings. The van der Waals surface area contributed by atoms with Gasteiger partial charge in [0.25, 0.3) is 0 Å². The second-order valence-electron chi connectivity index (χ2n) is 2.99. The Bertz CT molecular complexity index is 355. The third-order valence-electron chi connectivity index (χ3n) is 1.86. The van der Waals surface area contributed by atoms with Gasteiger partial charge in [-0.25, -0.2) is 9.97 Å². The highest BCUT2D eigenvalue weighted by atomic mass is 16.6. The summed E-state index contributed by atoms with van der Waals surface area (Å²) in [6, 6.07) is 0. The SMILES string of the molecule is CCCCNc1ncnc(N)c1[N+](=O)[O-]. The van der Waals surface area contributed by atoms with Gasteiger partial charge in [0.15, 0.2) is 0 Å². The van der Waals surface area contributed by atoms with Gasteiger partial charge < -0.3 is 11.1 Å². The second-order valence-corrected chi connectivity index (χ2v) is 2.99. The Hall–Kier alpha value is -1.92. The van der Waals surface area contributed by atoms with Crippen LogP contribution in [0.1, 0.15) is 19.8 Å². The van der Waals surface area contributed by atoms with Crippen LogP contribution in [0.3, 0.4) is 0 Å². The monoisotopic (exact) mass is 211 g/mol. The van der Waals surface area contributed by atoms with Crippen LogP contribution in [0.5, 0.6) is 0 Å². The first-order valence-electron chi connectivity index (χ1n) is 4.65. The van der Waals surface area contributed by atoms with Crippen molar-refractivity contribution in [3.63, 3.8) is 0 Å². The van der Waals surface area contributed by atoms with Gasteiger partial charge in [-0.1, -0.05) is 13.3 Å². The van der Waals surface area contributed by atoms with Gasteiger partial charge in [-0.2, -0.15) is 0 Å². The molecule has 7 heteroatoms. The molecule has 0 aliphatic heterocycles. The molecule has 0 bridgehead atoms. The molecule has 82 valence electrons. The summed E-state index contributed by atoms with van der Waals surface area (Å²) in [5.41, 5.74) is 5.14. The quantitative estimate of drug-likeness (QED) is 0.430. The third-order valence-corrected chi connectivity index (χ3v) is 1.86. The average Bonchev–Trinajstić information content (AvgIpc) is 2.17. The summed E-state index contributed by atoms with van der Waals surface area (Å²) < 4.78 is 0. The summed E-state index contributed by atoms with van der Waals surface area (Å²) in [4.78, 5) is 17.5. The first-order valence-corrected chi connectivity index (χ1v) is 4.65. The maximum atomic E-state index is 10.7. The topological polar surface area (TPSA) is 107 Å². The lowest BCUT2D eigenvalue weighted by Crippen LogP contribution is -2.08. The normalized spacial score (nSPS) is 9.93. The van der Waals surface area contributed by atoms with Gasteiger partial charge in [0.05, 0.1) is 4.92 Å². The standard InChI is InChI=1S/C8H13N5O2/c1-2-3-4-10-8-6(13(14)15)7(9)11-5-12-8/h5H,2-4H2,1H3,(H3,9,10,11,12). The Morgan fingerprint density at radius 3 is 2.93 bits per heavy atom. The lowest BCUT2D eigenvalue weighted by molar-refractivity contribution is -0.383. The summed E-state index contributed by atoms with van der Waals surface area (Å²) in [6.45, 7) is 2.66. The summed E-state index contributed by atoms with van der Waals surface area (Å²) >= 11 is 0. The molecular formula is C8H13N5O2. The predicted molar refractivity (Wildman–Crippen MR) is 56.5 cm³/mol. The zero-order valence-corrected chi connectivity index (χ0v) is 8.43. The molecule has 0 radical (unpaired) electrons. The Morgan fingerprint density at radius 1 is 1.60 bits per heavy atom. The first kappa shape index (κ1) is 11.2. The molecule has 0 fully saturated rings. The number of nitrogen functional groups attached to an aromatic ring is 1. The van der Waals surface area contributed by atoms with Crippen molar-refractivity contribution in [3.05, 3.63) is 16.4 Å². The Kier molecular flexibility index (Phi) is 3.78. The molecule has 1 heterocycles. The Labute approximate surface area is 86.9 Å². The van der Waals surface area contributed by atoms with Crippen molar-refractivity contribution in [3.8, 4) is 0 Å². The summed E-state index contributed by atoms with van der Waals surface area (Å²) in [5.74, 6) is 0.0648. The fourth-order valence-electron chi connectivity index (χ4n) is 1.09. The number of nitrogens with two attached hydrogens (primary N) is 1. The van der Waals surface area contributed by atoms with Crippen LogP contribution in [-0.4, -0.2) is 21.4 Å². The highest BCUT2D eigenvalue weighted by Gasteiger charge is 2.19. The zero-order chi connectivity index (χ0) is 11.3. The van der Waals surface area contributed by atoms with E-state index in [9.17, 15) is 10.1 Å². The summed E-state index contributed by atoms with van der Waals surface area (Å²) in [7, 11) is 0. The van der Waals surface area contributed by atoms with Gasteiger partial charge in [-0.05, 0) is 6.42 Å². The van der Waals surface area contributed by atoms with Crippen LogP contribution < -0.4 is 11.1 Å². The predicted octanol–water partition coefficient (Wildman–Crippen LogP) is 1.18. The maximum Gasteiger partial charge on any atom is 0.352 e. The highest BCUT2D eigenvalue weighted by molar-refractivity contribution is 5.67. The minimum Gasteiger partial charge on any atom is -0.378 e. The molecule has 0 atom stereocenters. The summed E-state index contributed by atoms with van der Waals surface area (Å²) in [5, 5.41) is 13.5. The minimum absolute atomic E-state index is 0.117. The zero-order valence-electron chi connectivity index (χ0n) is 8.43. The average molecular weight is 211 g/mol. The maximum absolute atomic E-state index is 10.7. The molecule has 3 N–H and O–H groups in total. The van der Waals surface area contributed by atoms with Crippen molar-refractivity contribution in [1.29, 1.82) is 0 Å². The van der Waals surface area contributed by atoms with Crippen molar-refractivity contribution in [2.75, 3.05) is 17.6 Å². The van der Waals surface area contributed by atoms with Crippen LogP contribution in [0, 0.1) is 10.1 Å². The number of hydrogen-bond donors (Lipinski definition) is 2. The van der Waals surface area contributed by atoms with Crippen LogP contribution in [0.25, 0.3) is 0 Å². The molecule has 0 amide bonds. The van der Waals surface area contributed by atoms with Gasteiger partial charge >= 0.3 is 5.69 Å². The Balaban J connectivity index is 2.86. The number of anilines is 2. The molecule has 0 saturated heterocycles. The molecule has 7 nitrogen and oxygen atoms in total. The van der Waals surface area contributed by atoms with Gasteiger partial charge in [0, 0.05) is 6.54 Å². The van der Waals surface area contributed by atoms with Crippen LogP contribution in [0.15, 0.2) is 6.33 Å². The van der Waals surface area contributed by atoms with E-state index in [4.69, 9.17) is 5.73 Å². The lowest BCUT2D eigenvalue weighted by Gasteiger charge is -2.05. The van der Waals surface area contributed by atoms with Crippen molar-refractivity contribution in [2.24, 2.45) is 0 Å². The van der Waals surface area contributed by atoms with Crippen LogP contribution >= 0.6 is 0 Å². The number of unbranched alkanes of at least 4 members (excludes halogenated alkanes) is 1. The molecule has 0 aromatic carbocycles. The van der Waals surface area contributed by atoms with E-state index in [0.717, 1.165) is 12.8 Å². The van der Waals surface area contributed by atoms with Gasteiger partial charge in [-0.15, -0.1) is 0 Å². The molecule has 0 aliphatic carbocycles. The molecule has 1 aromatic heterocycles. The molecular weight excluding hydrogens is 198 g/mol. The van der Waals surface area contributed by atoms with Crippen molar-refractivity contribution in [1.82, 2.24) is 9.97 Å². The van der Waals surface area contributed by atoms with Crippen molar-refractivity contribution < 1.29 is 4.92 Å². The van der Waals surface area contributed by atoms with Gasteiger partial charge in [0.2, 0.25) is 11.6 Å². The molecule has 0 unspecified atom stereocenters. The lowest BCUT2D eigenvalue weighted by atomic mass is 10.3. The van der Waals surface area contributed by atoms with E-state index >= 15 is 0 Å². The number of nitrogens with one attached hydrogen (secondary N) is 1. The second kappa shape index (κ2) is 5.08. The van der Waals surface area contributed by atoms with E-state index in [1.54, 1.807) is 0 Å².